The van der Waals surface area contributed by atoms with Crippen molar-refractivity contribution in [3.8, 4) is 0 Å². The summed E-state index contributed by atoms with van der Waals surface area (Å²) in [6, 6.07) is 7.54. The van der Waals surface area contributed by atoms with Crippen LogP contribution in [0.25, 0.3) is 0 Å². The van der Waals surface area contributed by atoms with Crippen molar-refractivity contribution in [1.29, 1.82) is 0 Å². The van der Waals surface area contributed by atoms with Gasteiger partial charge in [0.15, 0.2) is 0 Å². The second kappa shape index (κ2) is 7.02. The van der Waals surface area contributed by atoms with Crippen molar-refractivity contribution in [3.63, 3.8) is 0 Å². The second-order valence-electron chi connectivity index (χ2n) is 7.30. The molecule has 1 aromatic heterocycles. The van der Waals surface area contributed by atoms with Crippen molar-refractivity contribution >= 4 is 11.8 Å². The number of benzene rings is 1. The lowest BCUT2D eigenvalue weighted by Gasteiger charge is -2.40. The summed E-state index contributed by atoms with van der Waals surface area (Å²) in [5.74, 6) is 0.730. The average molecular weight is 369 g/mol. The summed E-state index contributed by atoms with van der Waals surface area (Å²) >= 11 is 0. The highest BCUT2D eigenvalue weighted by Crippen LogP contribution is 2.28. The molecule has 0 spiro atoms. The SMILES string of the molecule is CC(=O)N1Cc2ccccc2CC1C(=O)N1CCC(c2n[nH]c(=O)[nH]2)CC1. The van der Waals surface area contributed by atoms with Gasteiger partial charge in [0.05, 0.1) is 0 Å². The molecule has 0 bridgehead atoms. The largest absolute Gasteiger partial charge is 0.341 e. The van der Waals surface area contributed by atoms with Crippen LogP contribution < -0.4 is 5.69 Å². The summed E-state index contributed by atoms with van der Waals surface area (Å²) in [6.45, 7) is 3.20. The van der Waals surface area contributed by atoms with Crippen LogP contribution in [-0.2, 0) is 22.6 Å². The number of fused-ring (bicyclic) bond motifs is 1. The fourth-order valence-electron chi connectivity index (χ4n) is 4.14. The molecule has 0 aliphatic carbocycles. The van der Waals surface area contributed by atoms with E-state index in [1.54, 1.807) is 4.90 Å². The van der Waals surface area contributed by atoms with Crippen LogP contribution in [0.5, 0.6) is 0 Å². The lowest BCUT2D eigenvalue weighted by Crippen LogP contribution is -2.54. The molecule has 142 valence electrons. The maximum atomic E-state index is 13.2. The van der Waals surface area contributed by atoms with Crippen LogP contribution in [0.15, 0.2) is 29.1 Å². The van der Waals surface area contributed by atoms with Crippen LogP contribution in [0.2, 0.25) is 0 Å². The summed E-state index contributed by atoms with van der Waals surface area (Å²) in [5, 5.41) is 6.40. The summed E-state index contributed by atoms with van der Waals surface area (Å²) in [5.41, 5.74) is 1.94. The highest BCUT2D eigenvalue weighted by atomic mass is 16.2. The van der Waals surface area contributed by atoms with Gasteiger partial charge in [0, 0.05) is 38.9 Å². The number of amides is 2. The van der Waals surface area contributed by atoms with Crippen LogP contribution in [0, 0.1) is 0 Å². The van der Waals surface area contributed by atoms with Crippen LogP contribution in [0.1, 0.15) is 42.6 Å². The minimum absolute atomic E-state index is 0.00803. The Bertz CT molecular complexity index is 910. The number of carbonyl (C=O) groups is 2. The molecule has 0 radical (unpaired) electrons. The van der Waals surface area contributed by atoms with E-state index in [2.05, 4.69) is 15.2 Å². The third-order valence-corrected chi connectivity index (χ3v) is 5.65. The van der Waals surface area contributed by atoms with E-state index < -0.39 is 6.04 Å². The first kappa shape index (κ1) is 17.5. The number of nitrogens with zero attached hydrogens (tertiary/aromatic N) is 3. The minimum atomic E-state index is -0.445. The fraction of sp³-hybridized carbons (Fsp3) is 0.474. The molecule has 8 heteroatoms. The van der Waals surface area contributed by atoms with Gasteiger partial charge in [-0.15, -0.1) is 0 Å². The summed E-state index contributed by atoms with van der Waals surface area (Å²) < 4.78 is 0. The molecule has 0 saturated carbocycles. The number of carbonyl (C=O) groups excluding carboxylic acids is 2. The van der Waals surface area contributed by atoms with Gasteiger partial charge >= 0.3 is 5.69 Å². The van der Waals surface area contributed by atoms with Gasteiger partial charge in [0.2, 0.25) is 11.8 Å². The summed E-state index contributed by atoms with van der Waals surface area (Å²) in [7, 11) is 0. The molecule has 1 fully saturated rings. The van der Waals surface area contributed by atoms with E-state index >= 15 is 0 Å². The van der Waals surface area contributed by atoms with Crippen LogP contribution in [-0.4, -0.2) is 55.9 Å². The molecule has 1 aromatic carbocycles. The molecule has 4 rings (SSSR count). The third-order valence-electron chi connectivity index (χ3n) is 5.65. The smallest absolute Gasteiger partial charge is 0.340 e. The number of rotatable bonds is 2. The van der Waals surface area contributed by atoms with Gasteiger partial charge in [-0.3, -0.25) is 14.6 Å². The number of aromatic nitrogens is 3. The zero-order chi connectivity index (χ0) is 19.0. The molecular formula is C19H23N5O3. The molecule has 1 unspecified atom stereocenters. The highest BCUT2D eigenvalue weighted by molar-refractivity contribution is 5.88. The molecule has 2 N–H and O–H groups in total. The van der Waals surface area contributed by atoms with Crippen molar-refractivity contribution in [2.45, 2.75) is 44.7 Å². The topological polar surface area (TPSA) is 102 Å². The second-order valence-corrected chi connectivity index (χ2v) is 7.30. The van der Waals surface area contributed by atoms with Gasteiger partial charge in [-0.25, -0.2) is 9.89 Å². The van der Waals surface area contributed by atoms with Crippen LogP contribution >= 0.6 is 0 Å². The van der Waals surface area contributed by atoms with Crippen molar-refractivity contribution < 1.29 is 9.59 Å². The Kier molecular flexibility index (Phi) is 4.55. The number of nitrogens with one attached hydrogen (secondary N) is 2. The van der Waals surface area contributed by atoms with E-state index in [0.29, 0.717) is 31.9 Å². The Labute approximate surface area is 156 Å². The van der Waals surface area contributed by atoms with E-state index in [4.69, 9.17) is 0 Å². The maximum absolute atomic E-state index is 13.2. The first-order chi connectivity index (χ1) is 13.0. The lowest BCUT2D eigenvalue weighted by atomic mass is 9.91. The van der Waals surface area contributed by atoms with Crippen LogP contribution in [0.3, 0.4) is 0 Å². The normalized spacial score (nSPS) is 20.4. The number of piperidine rings is 1. The van der Waals surface area contributed by atoms with Crippen LogP contribution in [0.4, 0.5) is 0 Å². The summed E-state index contributed by atoms with van der Waals surface area (Å²) in [4.78, 5) is 42.8. The molecule has 2 aromatic rings. The molecular weight excluding hydrogens is 346 g/mol. The van der Waals surface area contributed by atoms with E-state index in [1.165, 1.54) is 6.92 Å². The number of hydrogen-bond acceptors (Lipinski definition) is 4. The van der Waals surface area contributed by atoms with E-state index in [1.807, 2.05) is 29.2 Å². The fourth-order valence-corrected chi connectivity index (χ4v) is 4.14. The minimum Gasteiger partial charge on any atom is -0.341 e. The Balaban J connectivity index is 1.47. The Morgan fingerprint density at radius 3 is 2.48 bits per heavy atom. The Hall–Kier alpha value is -2.90. The number of aromatic amines is 2. The molecule has 1 atom stereocenters. The van der Waals surface area contributed by atoms with Crippen molar-refractivity contribution in [3.05, 3.63) is 51.7 Å². The van der Waals surface area contributed by atoms with Gasteiger partial charge in [0.25, 0.3) is 0 Å². The molecule has 1 saturated heterocycles. The van der Waals surface area contributed by atoms with Gasteiger partial charge in [-0.05, 0) is 24.0 Å². The van der Waals surface area contributed by atoms with E-state index in [9.17, 15) is 14.4 Å². The first-order valence-corrected chi connectivity index (χ1v) is 9.30. The van der Waals surface area contributed by atoms with Gasteiger partial charge < -0.3 is 9.80 Å². The van der Waals surface area contributed by atoms with Crippen molar-refractivity contribution in [2.75, 3.05) is 13.1 Å². The molecule has 2 aliphatic rings. The quantitative estimate of drug-likeness (QED) is 0.816. The van der Waals surface area contributed by atoms with E-state index in [-0.39, 0.29) is 23.4 Å². The standard InChI is InChI=1S/C19H23N5O3/c1-12(25)24-11-15-5-3-2-4-14(15)10-16(24)18(26)23-8-6-13(7-9-23)17-20-19(27)22-21-17/h2-5,13,16H,6-11H2,1H3,(H2,20,21,22,27). The first-order valence-electron chi connectivity index (χ1n) is 9.30. The van der Waals surface area contributed by atoms with Crippen molar-refractivity contribution in [2.24, 2.45) is 0 Å². The lowest BCUT2D eigenvalue weighted by molar-refractivity contribution is -0.146. The molecule has 27 heavy (non-hydrogen) atoms. The zero-order valence-electron chi connectivity index (χ0n) is 15.3. The number of hydrogen-bond donors (Lipinski definition) is 2. The van der Waals surface area contributed by atoms with Gasteiger partial charge in [-0.1, -0.05) is 24.3 Å². The number of likely N-dealkylation sites (tertiary alicyclic amines) is 1. The molecule has 8 nitrogen and oxygen atoms in total. The third kappa shape index (κ3) is 3.39. The Morgan fingerprint density at radius 1 is 1.15 bits per heavy atom. The molecule has 3 heterocycles. The predicted octanol–water partition coefficient (Wildman–Crippen LogP) is 0.777. The van der Waals surface area contributed by atoms with E-state index in [0.717, 1.165) is 24.0 Å². The maximum Gasteiger partial charge on any atom is 0.340 e. The van der Waals surface area contributed by atoms with Gasteiger partial charge in [0.1, 0.15) is 11.9 Å². The highest BCUT2D eigenvalue weighted by Gasteiger charge is 2.37. The average Bonchev–Trinajstić information content (AvgIpc) is 3.13. The monoisotopic (exact) mass is 369 g/mol. The van der Waals surface area contributed by atoms with Gasteiger partial charge in [-0.2, -0.15) is 5.10 Å². The molecule has 2 amide bonds. The molecule has 2 aliphatic heterocycles. The zero-order valence-corrected chi connectivity index (χ0v) is 15.3. The Morgan fingerprint density at radius 2 is 1.85 bits per heavy atom. The van der Waals surface area contributed by atoms with Crippen molar-refractivity contribution in [1.82, 2.24) is 25.0 Å². The summed E-state index contributed by atoms with van der Waals surface area (Å²) in [6.07, 6.45) is 2.05. The predicted molar refractivity (Wildman–Crippen MR) is 97.9 cm³/mol. The number of H-pyrrole nitrogens is 2.